The van der Waals surface area contributed by atoms with Crippen molar-refractivity contribution in [1.82, 2.24) is 10.6 Å². The van der Waals surface area contributed by atoms with E-state index in [1.165, 1.54) is 6.07 Å². The lowest BCUT2D eigenvalue weighted by atomic mass is 10.1. The summed E-state index contributed by atoms with van der Waals surface area (Å²) in [5.41, 5.74) is 0.179. The highest BCUT2D eigenvalue weighted by molar-refractivity contribution is 5.85. The van der Waals surface area contributed by atoms with Crippen molar-refractivity contribution in [2.45, 2.75) is 18.6 Å². The SMILES string of the molecule is CO[C@H]1CNCC1NC(=O)Cc1ccc(F)cc1F.Cl. The Morgan fingerprint density at radius 3 is 2.85 bits per heavy atom. The molecule has 1 saturated heterocycles. The van der Waals surface area contributed by atoms with Crippen LogP contribution in [0.5, 0.6) is 0 Å². The molecular weight excluding hydrogens is 290 g/mol. The van der Waals surface area contributed by atoms with Crippen molar-refractivity contribution in [2.24, 2.45) is 0 Å². The van der Waals surface area contributed by atoms with Gasteiger partial charge in [-0.25, -0.2) is 8.78 Å². The van der Waals surface area contributed by atoms with Gasteiger partial charge in [-0.05, 0) is 11.6 Å². The summed E-state index contributed by atoms with van der Waals surface area (Å²) in [5.74, 6) is -1.66. The normalized spacial score (nSPS) is 21.4. The fourth-order valence-corrected chi connectivity index (χ4v) is 2.14. The number of ether oxygens (including phenoxy) is 1. The second-order valence-electron chi connectivity index (χ2n) is 4.52. The molecule has 0 saturated carbocycles. The van der Waals surface area contributed by atoms with E-state index in [1.54, 1.807) is 7.11 Å². The van der Waals surface area contributed by atoms with Crippen LogP contribution in [0.15, 0.2) is 18.2 Å². The maximum atomic E-state index is 13.4. The molecule has 0 aliphatic carbocycles. The fourth-order valence-electron chi connectivity index (χ4n) is 2.14. The molecule has 2 N–H and O–H groups in total. The first-order chi connectivity index (χ1) is 9.10. The van der Waals surface area contributed by atoms with Gasteiger partial charge in [0.1, 0.15) is 11.6 Å². The molecule has 112 valence electrons. The first-order valence-corrected chi connectivity index (χ1v) is 6.07. The van der Waals surface area contributed by atoms with E-state index in [0.29, 0.717) is 13.1 Å². The predicted molar refractivity (Wildman–Crippen MR) is 72.9 cm³/mol. The number of rotatable bonds is 4. The fraction of sp³-hybridized carbons (Fsp3) is 0.462. The lowest BCUT2D eigenvalue weighted by Gasteiger charge is -2.18. The molecule has 1 amide bonds. The quantitative estimate of drug-likeness (QED) is 0.874. The van der Waals surface area contributed by atoms with Gasteiger partial charge in [0, 0.05) is 26.3 Å². The van der Waals surface area contributed by atoms with Gasteiger partial charge in [0.05, 0.1) is 18.6 Å². The van der Waals surface area contributed by atoms with Crippen LogP contribution in [0.4, 0.5) is 8.78 Å². The molecule has 1 heterocycles. The summed E-state index contributed by atoms with van der Waals surface area (Å²) in [5, 5.41) is 5.88. The highest BCUT2D eigenvalue weighted by Crippen LogP contribution is 2.11. The van der Waals surface area contributed by atoms with Crippen molar-refractivity contribution < 1.29 is 18.3 Å². The summed E-state index contributed by atoms with van der Waals surface area (Å²) >= 11 is 0. The van der Waals surface area contributed by atoms with Crippen molar-refractivity contribution >= 4 is 18.3 Å². The molecule has 0 radical (unpaired) electrons. The highest BCUT2D eigenvalue weighted by atomic mass is 35.5. The zero-order valence-electron chi connectivity index (χ0n) is 11.0. The molecule has 1 fully saturated rings. The molecule has 7 heteroatoms. The molecule has 1 unspecified atom stereocenters. The molecule has 2 atom stereocenters. The third-order valence-corrected chi connectivity index (χ3v) is 3.17. The van der Waals surface area contributed by atoms with E-state index in [2.05, 4.69) is 10.6 Å². The van der Waals surface area contributed by atoms with E-state index < -0.39 is 11.6 Å². The zero-order chi connectivity index (χ0) is 13.8. The number of hydrogen-bond donors (Lipinski definition) is 2. The number of carbonyl (C=O) groups is 1. The molecule has 0 bridgehead atoms. The first kappa shape index (κ1) is 16.8. The molecule has 4 nitrogen and oxygen atoms in total. The summed E-state index contributed by atoms with van der Waals surface area (Å²) in [7, 11) is 1.58. The Balaban J connectivity index is 0.00000200. The Hall–Kier alpha value is -1.24. The minimum absolute atomic E-state index is 0. The maximum Gasteiger partial charge on any atom is 0.224 e. The molecular formula is C13H17ClF2N2O2. The molecule has 1 aromatic carbocycles. The van der Waals surface area contributed by atoms with Crippen LogP contribution >= 0.6 is 12.4 Å². The standard InChI is InChI=1S/C13H16F2N2O2.ClH/c1-19-12-7-16-6-11(12)17-13(18)4-8-2-3-9(14)5-10(8)15;/h2-3,5,11-12,16H,4,6-7H2,1H3,(H,17,18);1H/t11?,12-;/m0./s1. The average molecular weight is 307 g/mol. The monoisotopic (exact) mass is 306 g/mol. The number of hydrogen-bond acceptors (Lipinski definition) is 3. The Kier molecular flexibility index (Phi) is 6.32. The number of carbonyl (C=O) groups excluding carboxylic acids is 1. The highest BCUT2D eigenvalue weighted by Gasteiger charge is 2.28. The van der Waals surface area contributed by atoms with E-state index in [4.69, 9.17) is 4.74 Å². The second-order valence-corrected chi connectivity index (χ2v) is 4.52. The van der Waals surface area contributed by atoms with Crippen molar-refractivity contribution in [2.75, 3.05) is 20.2 Å². The third-order valence-electron chi connectivity index (χ3n) is 3.17. The van der Waals surface area contributed by atoms with Crippen LogP contribution in [-0.2, 0) is 16.0 Å². The van der Waals surface area contributed by atoms with E-state index >= 15 is 0 Å². The number of nitrogens with one attached hydrogen (secondary N) is 2. The van der Waals surface area contributed by atoms with Crippen LogP contribution < -0.4 is 10.6 Å². The number of halogens is 3. The van der Waals surface area contributed by atoms with Gasteiger partial charge in [-0.1, -0.05) is 6.07 Å². The maximum absolute atomic E-state index is 13.4. The lowest BCUT2D eigenvalue weighted by molar-refractivity contribution is -0.121. The summed E-state index contributed by atoms with van der Waals surface area (Å²) < 4.78 is 31.4. The van der Waals surface area contributed by atoms with Crippen LogP contribution in [0.2, 0.25) is 0 Å². The Labute approximate surface area is 122 Å². The van der Waals surface area contributed by atoms with Gasteiger partial charge in [0.25, 0.3) is 0 Å². The third kappa shape index (κ3) is 4.13. The minimum atomic E-state index is -0.706. The van der Waals surface area contributed by atoms with Gasteiger partial charge in [-0.3, -0.25) is 4.79 Å². The smallest absolute Gasteiger partial charge is 0.224 e. The largest absolute Gasteiger partial charge is 0.378 e. The lowest BCUT2D eigenvalue weighted by Crippen LogP contribution is -2.44. The molecule has 1 aromatic rings. The van der Waals surface area contributed by atoms with E-state index in [0.717, 1.165) is 12.1 Å². The van der Waals surface area contributed by atoms with Crippen molar-refractivity contribution in [3.05, 3.63) is 35.4 Å². The van der Waals surface area contributed by atoms with Gasteiger partial charge in [-0.15, -0.1) is 12.4 Å². The second kappa shape index (κ2) is 7.52. The number of methoxy groups -OCH3 is 1. The average Bonchev–Trinajstić information content (AvgIpc) is 2.80. The van der Waals surface area contributed by atoms with Gasteiger partial charge in [-0.2, -0.15) is 0 Å². The van der Waals surface area contributed by atoms with Crippen LogP contribution in [0.1, 0.15) is 5.56 Å². The van der Waals surface area contributed by atoms with E-state index in [-0.39, 0.29) is 42.4 Å². The van der Waals surface area contributed by atoms with Gasteiger partial charge < -0.3 is 15.4 Å². The number of amides is 1. The van der Waals surface area contributed by atoms with Crippen LogP contribution in [0.25, 0.3) is 0 Å². The molecule has 0 spiro atoms. The summed E-state index contributed by atoms with van der Waals surface area (Å²) in [6, 6.07) is 3.07. The summed E-state index contributed by atoms with van der Waals surface area (Å²) in [6.07, 6.45) is -0.194. The van der Waals surface area contributed by atoms with Gasteiger partial charge >= 0.3 is 0 Å². The Morgan fingerprint density at radius 1 is 1.45 bits per heavy atom. The van der Waals surface area contributed by atoms with E-state index in [1.807, 2.05) is 0 Å². The topological polar surface area (TPSA) is 50.4 Å². The zero-order valence-corrected chi connectivity index (χ0v) is 11.8. The van der Waals surface area contributed by atoms with Crippen molar-refractivity contribution in [1.29, 1.82) is 0 Å². The molecule has 1 aliphatic heterocycles. The molecule has 0 aromatic heterocycles. The Morgan fingerprint density at radius 2 is 2.20 bits per heavy atom. The molecule has 1 aliphatic rings. The van der Waals surface area contributed by atoms with Crippen molar-refractivity contribution in [3.8, 4) is 0 Å². The van der Waals surface area contributed by atoms with Gasteiger partial charge in [0.15, 0.2) is 0 Å². The van der Waals surface area contributed by atoms with Crippen LogP contribution in [0.3, 0.4) is 0 Å². The van der Waals surface area contributed by atoms with E-state index in [9.17, 15) is 13.6 Å². The minimum Gasteiger partial charge on any atom is -0.378 e. The van der Waals surface area contributed by atoms with Crippen LogP contribution in [0, 0.1) is 11.6 Å². The van der Waals surface area contributed by atoms with Gasteiger partial charge in [0.2, 0.25) is 5.91 Å². The molecule has 20 heavy (non-hydrogen) atoms. The molecule has 2 rings (SSSR count). The predicted octanol–water partition coefficient (Wildman–Crippen LogP) is 1.03. The summed E-state index contributed by atoms with van der Waals surface area (Å²) in [4.78, 5) is 11.8. The van der Waals surface area contributed by atoms with Crippen molar-refractivity contribution in [3.63, 3.8) is 0 Å². The summed E-state index contributed by atoms with van der Waals surface area (Å²) in [6.45, 7) is 1.29. The first-order valence-electron chi connectivity index (χ1n) is 6.07. The number of benzene rings is 1. The van der Waals surface area contributed by atoms with Crippen LogP contribution in [-0.4, -0.2) is 38.3 Å². The Bertz CT molecular complexity index is 474.